The van der Waals surface area contributed by atoms with Gasteiger partial charge in [0.1, 0.15) is 23.0 Å². The number of hydrogen-bond acceptors (Lipinski definition) is 3. The van der Waals surface area contributed by atoms with Crippen LogP contribution in [0, 0.1) is 13.8 Å². The number of rotatable bonds is 7. The first kappa shape index (κ1) is 27.8. The fraction of sp³-hybridized carbons (Fsp3) is 0.194. The molecule has 0 radical (unpaired) electrons. The first-order valence-corrected chi connectivity index (χ1v) is 12.7. The number of hydrogen-bond donors (Lipinski definition) is 0. The van der Waals surface area contributed by atoms with E-state index in [2.05, 4.69) is 32.9 Å². The average Bonchev–Trinajstić information content (AvgIpc) is 2.81. The van der Waals surface area contributed by atoms with E-state index in [1.54, 1.807) is 0 Å². The molecular weight excluding hydrogens is 458 g/mol. The van der Waals surface area contributed by atoms with Crippen molar-refractivity contribution in [2.75, 3.05) is 0 Å². The Morgan fingerprint density at radius 3 is 1.78 bits per heavy atom. The summed E-state index contributed by atoms with van der Waals surface area (Å²) < 4.78 is 12.2. The molecule has 3 nitrogen and oxygen atoms in total. The van der Waals surface area contributed by atoms with E-state index in [0.29, 0.717) is 17.2 Å². The van der Waals surface area contributed by atoms with Crippen molar-refractivity contribution in [3.63, 3.8) is 0 Å². The molecule has 0 saturated carbocycles. The SMILES string of the molecule is Cc1cc(C(C)(C)C)cc(C)c1C(=O)Pc1ccc(Oc2ccccc2)cc1Oc1ccccc1.[H-].[Li+]. The van der Waals surface area contributed by atoms with Gasteiger partial charge in [0, 0.05) is 16.9 Å². The monoisotopic (exact) mass is 490 g/mol. The summed E-state index contributed by atoms with van der Waals surface area (Å²) in [6.07, 6.45) is 0. The summed E-state index contributed by atoms with van der Waals surface area (Å²) in [5.41, 5.74) is 4.21. The van der Waals surface area contributed by atoms with Gasteiger partial charge in [0.2, 0.25) is 0 Å². The van der Waals surface area contributed by atoms with Crippen molar-refractivity contribution in [1.82, 2.24) is 0 Å². The van der Waals surface area contributed by atoms with Crippen LogP contribution in [0.3, 0.4) is 0 Å². The van der Waals surface area contributed by atoms with Gasteiger partial charge in [-0.25, -0.2) is 0 Å². The summed E-state index contributed by atoms with van der Waals surface area (Å²) in [7, 11) is -0.0727. The second-order valence-electron chi connectivity index (χ2n) is 9.68. The fourth-order valence-electron chi connectivity index (χ4n) is 3.93. The fourth-order valence-corrected chi connectivity index (χ4v) is 5.11. The van der Waals surface area contributed by atoms with E-state index in [-0.39, 0.29) is 39.8 Å². The van der Waals surface area contributed by atoms with Crippen LogP contribution in [0.1, 0.15) is 49.2 Å². The van der Waals surface area contributed by atoms with Crippen LogP contribution in [0.25, 0.3) is 0 Å². The Morgan fingerprint density at radius 2 is 1.25 bits per heavy atom. The minimum atomic E-state index is -0.0727. The van der Waals surface area contributed by atoms with Crippen LogP contribution in [0.4, 0.5) is 0 Å². The van der Waals surface area contributed by atoms with Gasteiger partial charge in [0.25, 0.3) is 0 Å². The zero-order chi connectivity index (χ0) is 25.0. The minimum absolute atomic E-state index is 0. The predicted octanol–water partition coefficient (Wildman–Crippen LogP) is 5.45. The second-order valence-corrected chi connectivity index (χ2v) is 10.9. The minimum Gasteiger partial charge on any atom is -1.00 e. The summed E-state index contributed by atoms with van der Waals surface area (Å²) in [4.78, 5) is 13.5. The molecule has 0 aliphatic heterocycles. The maximum Gasteiger partial charge on any atom is 1.00 e. The van der Waals surface area contributed by atoms with Crippen molar-refractivity contribution in [3.05, 3.63) is 113 Å². The van der Waals surface area contributed by atoms with Crippen LogP contribution in [-0.2, 0) is 5.41 Å². The molecule has 4 rings (SSSR count). The van der Waals surface area contributed by atoms with Crippen LogP contribution in [0.2, 0.25) is 0 Å². The molecular formula is C31H32LiO3P. The van der Waals surface area contributed by atoms with Crippen molar-refractivity contribution < 1.29 is 34.6 Å². The largest absolute Gasteiger partial charge is 1.00 e. The molecule has 0 amide bonds. The topological polar surface area (TPSA) is 35.5 Å². The number of carbonyl (C=O) groups is 1. The molecule has 1 atom stereocenters. The summed E-state index contributed by atoms with van der Waals surface area (Å²) in [5, 5.41) is 0.845. The van der Waals surface area contributed by atoms with Gasteiger partial charge in [0.05, 0.1) is 0 Å². The average molecular weight is 491 g/mol. The first-order valence-electron chi connectivity index (χ1n) is 11.7. The van der Waals surface area contributed by atoms with Crippen molar-refractivity contribution in [3.8, 4) is 23.0 Å². The number of para-hydroxylation sites is 2. The Bertz CT molecular complexity index is 1310. The van der Waals surface area contributed by atoms with E-state index >= 15 is 0 Å². The van der Waals surface area contributed by atoms with Crippen molar-refractivity contribution in [2.45, 2.75) is 40.0 Å². The van der Waals surface area contributed by atoms with Gasteiger partial charge >= 0.3 is 18.9 Å². The Hall–Kier alpha value is -2.82. The molecule has 1 unspecified atom stereocenters. The van der Waals surface area contributed by atoms with Gasteiger partial charge < -0.3 is 10.9 Å². The Labute approximate surface area is 229 Å². The van der Waals surface area contributed by atoms with E-state index < -0.39 is 0 Å². The summed E-state index contributed by atoms with van der Waals surface area (Å²) >= 11 is 0. The quantitative estimate of drug-likeness (QED) is 0.256. The number of aryl methyl sites for hydroxylation is 2. The normalized spacial score (nSPS) is 11.2. The molecule has 0 aromatic heterocycles. The van der Waals surface area contributed by atoms with E-state index in [1.807, 2.05) is 92.7 Å². The molecule has 0 saturated heterocycles. The number of carbonyl (C=O) groups excluding carboxylic acids is 1. The smallest absolute Gasteiger partial charge is 1.00 e. The van der Waals surface area contributed by atoms with E-state index in [0.717, 1.165) is 27.7 Å². The molecule has 180 valence electrons. The Balaban J connectivity index is 0.00000241. The maximum atomic E-state index is 13.5. The van der Waals surface area contributed by atoms with Crippen LogP contribution in [0.5, 0.6) is 23.0 Å². The Kier molecular flexibility index (Phi) is 9.21. The summed E-state index contributed by atoms with van der Waals surface area (Å²) in [6.45, 7) is 10.6. The van der Waals surface area contributed by atoms with E-state index in [9.17, 15) is 4.79 Å². The molecule has 5 heteroatoms. The van der Waals surface area contributed by atoms with Gasteiger partial charge in [0.15, 0.2) is 5.52 Å². The van der Waals surface area contributed by atoms with Crippen LogP contribution < -0.4 is 33.6 Å². The molecule has 0 aliphatic carbocycles. The third kappa shape index (κ3) is 6.89. The van der Waals surface area contributed by atoms with Crippen molar-refractivity contribution in [2.24, 2.45) is 0 Å². The van der Waals surface area contributed by atoms with Crippen LogP contribution >= 0.6 is 8.58 Å². The van der Waals surface area contributed by atoms with Gasteiger partial charge in [-0.05, 0) is 80.9 Å². The number of ether oxygens (including phenoxy) is 2. The molecule has 36 heavy (non-hydrogen) atoms. The molecule has 4 aromatic rings. The molecule has 0 N–H and O–H groups in total. The molecule has 0 spiro atoms. The van der Waals surface area contributed by atoms with E-state index in [4.69, 9.17) is 9.47 Å². The molecule has 4 aromatic carbocycles. The molecule has 0 fully saturated rings. The third-order valence-corrected chi connectivity index (χ3v) is 6.94. The van der Waals surface area contributed by atoms with Crippen molar-refractivity contribution >= 4 is 19.4 Å². The summed E-state index contributed by atoms with van der Waals surface area (Å²) in [6, 6.07) is 29.2. The molecule has 0 aliphatic rings. The second kappa shape index (κ2) is 11.9. The maximum absolute atomic E-state index is 13.5. The predicted molar refractivity (Wildman–Crippen MR) is 147 cm³/mol. The third-order valence-electron chi connectivity index (χ3n) is 5.78. The zero-order valence-electron chi connectivity index (χ0n) is 22.9. The van der Waals surface area contributed by atoms with Gasteiger partial charge in [-0.15, -0.1) is 0 Å². The Morgan fingerprint density at radius 1 is 0.722 bits per heavy atom. The summed E-state index contributed by atoms with van der Waals surface area (Å²) in [5.74, 6) is 2.74. The van der Waals surface area contributed by atoms with Crippen LogP contribution in [0.15, 0.2) is 91.0 Å². The van der Waals surface area contributed by atoms with E-state index in [1.165, 1.54) is 5.56 Å². The molecule has 0 heterocycles. The standard InChI is InChI=1S/C31H31O3P.Li.H/c1-21-18-23(31(3,4)5)19-22(2)29(21)30(32)35-28-17-16-26(33-24-12-8-6-9-13-24)20-27(28)34-25-14-10-7-11-15-25;;/h6-20,35H,1-5H3;;/q;+1;-1. The van der Waals surface area contributed by atoms with Gasteiger partial charge in [-0.2, -0.15) is 0 Å². The van der Waals surface area contributed by atoms with Gasteiger partial charge in [-0.1, -0.05) is 69.3 Å². The molecule has 0 bridgehead atoms. The van der Waals surface area contributed by atoms with Gasteiger partial charge in [-0.3, -0.25) is 4.79 Å². The number of benzene rings is 4. The zero-order valence-corrected chi connectivity index (χ0v) is 22.9. The van der Waals surface area contributed by atoms with Crippen LogP contribution in [-0.4, -0.2) is 5.52 Å². The van der Waals surface area contributed by atoms with Crippen molar-refractivity contribution in [1.29, 1.82) is 0 Å². The first-order chi connectivity index (χ1) is 16.7.